The second-order valence-corrected chi connectivity index (χ2v) is 5.88. The Morgan fingerprint density at radius 2 is 1.95 bits per heavy atom. The number of fused-ring (bicyclic) bond motifs is 1. The van der Waals surface area contributed by atoms with Crippen LogP contribution in [0.15, 0.2) is 40.9 Å². The molecule has 0 saturated heterocycles. The van der Waals surface area contributed by atoms with Gasteiger partial charge in [-0.25, -0.2) is 0 Å². The van der Waals surface area contributed by atoms with E-state index >= 15 is 0 Å². The molecule has 0 fully saturated rings. The lowest BCUT2D eigenvalue weighted by molar-refractivity contribution is 0.168. The molecule has 1 unspecified atom stereocenters. The second-order valence-electron chi connectivity index (χ2n) is 5.03. The first-order chi connectivity index (χ1) is 10.2. The molecule has 3 nitrogen and oxygen atoms in total. The smallest absolute Gasteiger partial charge is 0.175 e. The quantitative estimate of drug-likeness (QED) is 0.915. The van der Waals surface area contributed by atoms with Crippen LogP contribution in [0.5, 0.6) is 11.5 Å². The molecule has 1 atom stereocenters. The lowest BCUT2D eigenvalue weighted by atomic mass is 9.98. The van der Waals surface area contributed by atoms with Gasteiger partial charge in [-0.15, -0.1) is 0 Å². The van der Waals surface area contributed by atoms with E-state index in [2.05, 4.69) is 28.9 Å². The second kappa shape index (κ2) is 6.08. The standard InChI is InChI=1S/C17H17BrO3/c1-2-11-4-3-5-12(8-11)16(19)13-9-14(18)17-15(10-13)20-6-7-21-17/h3-5,8-10,16,19H,2,6-7H2,1H3. The van der Waals surface area contributed by atoms with Crippen LogP contribution < -0.4 is 9.47 Å². The minimum Gasteiger partial charge on any atom is -0.486 e. The van der Waals surface area contributed by atoms with E-state index in [1.54, 1.807) is 0 Å². The van der Waals surface area contributed by atoms with Crippen LogP contribution in [0.25, 0.3) is 0 Å². The SMILES string of the molecule is CCc1cccc(C(O)c2cc(Br)c3c(c2)OCCO3)c1. The van der Waals surface area contributed by atoms with Crippen molar-refractivity contribution in [2.75, 3.05) is 13.2 Å². The van der Waals surface area contributed by atoms with Crippen LogP contribution in [0, 0.1) is 0 Å². The molecule has 4 heteroatoms. The van der Waals surface area contributed by atoms with Gasteiger partial charge in [0.15, 0.2) is 11.5 Å². The Balaban J connectivity index is 1.97. The number of aliphatic hydroxyl groups is 1. The van der Waals surface area contributed by atoms with Gasteiger partial charge in [-0.1, -0.05) is 31.2 Å². The molecule has 0 aliphatic carbocycles. The summed E-state index contributed by atoms with van der Waals surface area (Å²) in [6, 6.07) is 11.8. The fourth-order valence-electron chi connectivity index (χ4n) is 2.46. The average molecular weight is 349 g/mol. The molecule has 0 saturated carbocycles. The maximum atomic E-state index is 10.6. The number of ether oxygens (including phenoxy) is 2. The summed E-state index contributed by atoms with van der Waals surface area (Å²) in [6.45, 7) is 3.18. The maximum absolute atomic E-state index is 10.6. The van der Waals surface area contributed by atoms with Crippen molar-refractivity contribution in [3.8, 4) is 11.5 Å². The highest BCUT2D eigenvalue weighted by Crippen LogP contribution is 2.40. The van der Waals surface area contributed by atoms with Gasteiger partial charge in [0.2, 0.25) is 0 Å². The van der Waals surface area contributed by atoms with E-state index in [9.17, 15) is 5.11 Å². The van der Waals surface area contributed by atoms with Gasteiger partial charge in [0.25, 0.3) is 0 Å². The van der Waals surface area contributed by atoms with E-state index < -0.39 is 6.10 Å². The van der Waals surface area contributed by atoms with E-state index in [4.69, 9.17) is 9.47 Å². The monoisotopic (exact) mass is 348 g/mol. The summed E-state index contributed by atoms with van der Waals surface area (Å²) in [5, 5.41) is 10.6. The molecular formula is C17H17BrO3. The molecule has 2 aromatic rings. The molecular weight excluding hydrogens is 332 g/mol. The zero-order valence-corrected chi connectivity index (χ0v) is 13.4. The summed E-state index contributed by atoms with van der Waals surface area (Å²) in [5.74, 6) is 1.39. The number of aliphatic hydroxyl groups excluding tert-OH is 1. The molecule has 0 spiro atoms. The van der Waals surface area contributed by atoms with Crippen molar-refractivity contribution < 1.29 is 14.6 Å². The lowest BCUT2D eigenvalue weighted by Crippen LogP contribution is -2.16. The fraction of sp³-hybridized carbons (Fsp3) is 0.294. The Bertz CT molecular complexity index is 654. The highest BCUT2D eigenvalue weighted by atomic mass is 79.9. The minimum atomic E-state index is -0.677. The molecule has 0 amide bonds. The number of aryl methyl sites for hydroxylation is 1. The predicted molar refractivity (Wildman–Crippen MR) is 85.0 cm³/mol. The van der Waals surface area contributed by atoms with Crippen molar-refractivity contribution in [3.05, 3.63) is 57.6 Å². The Morgan fingerprint density at radius 3 is 2.76 bits per heavy atom. The highest BCUT2D eigenvalue weighted by Gasteiger charge is 2.20. The van der Waals surface area contributed by atoms with Gasteiger partial charge in [-0.3, -0.25) is 0 Å². The van der Waals surface area contributed by atoms with Crippen molar-refractivity contribution in [1.82, 2.24) is 0 Å². The summed E-state index contributed by atoms with van der Waals surface area (Å²) in [5.41, 5.74) is 2.89. The molecule has 0 bridgehead atoms. The van der Waals surface area contributed by atoms with Crippen LogP contribution >= 0.6 is 15.9 Å². The predicted octanol–water partition coefficient (Wildman–Crippen LogP) is 3.86. The third-order valence-corrected chi connectivity index (χ3v) is 4.20. The van der Waals surface area contributed by atoms with Gasteiger partial charge < -0.3 is 14.6 Å². The maximum Gasteiger partial charge on any atom is 0.175 e. The van der Waals surface area contributed by atoms with Crippen molar-refractivity contribution in [2.24, 2.45) is 0 Å². The third kappa shape index (κ3) is 2.92. The van der Waals surface area contributed by atoms with Crippen molar-refractivity contribution in [3.63, 3.8) is 0 Å². The molecule has 1 aliphatic heterocycles. The van der Waals surface area contributed by atoms with E-state index in [-0.39, 0.29) is 0 Å². The fourth-order valence-corrected chi connectivity index (χ4v) is 3.04. The summed E-state index contributed by atoms with van der Waals surface area (Å²) in [6.07, 6.45) is 0.273. The number of halogens is 1. The van der Waals surface area contributed by atoms with Crippen LogP contribution in [-0.2, 0) is 6.42 Å². The summed E-state index contributed by atoms with van der Waals surface area (Å²) in [4.78, 5) is 0. The van der Waals surface area contributed by atoms with Crippen LogP contribution in [0.3, 0.4) is 0 Å². The molecule has 3 rings (SSSR count). The minimum absolute atomic E-state index is 0.532. The van der Waals surface area contributed by atoms with Crippen LogP contribution in [0.4, 0.5) is 0 Å². The van der Waals surface area contributed by atoms with E-state index in [0.717, 1.165) is 22.0 Å². The van der Waals surface area contributed by atoms with Crippen molar-refractivity contribution in [1.29, 1.82) is 0 Å². The van der Waals surface area contributed by atoms with Crippen LogP contribution in [0.2, 0.25) is 0 Å². The zero-order valence-electron chi connectivity index (χ0n) is 11.8. The van der Waals surface area contributed by atoms with Crippen LogP contribution in [-0.4, -0.2) is 18.3 Å². The van der Waals surface area contributed by atoms with Gasteiger partial charge >= 0.3 is 0 Å². The average Bonchev–Trinajstić information content (AvgIpc) is 2.54. The van der Waals surface area contributed by atoms with Crippen molar-refractivity contribution >= 4 is 15.9 Å². The van der Waals surface area contributed by atoms with Gasteiger partial charge in [0, 0.05) is 0 Å². The lowest BCUT2D eigenvalue weighted by Gasteiger charge is -2.22. The number of benzene rings is 2. The van der Waals surface area contributed by atoms with Gasteiger partial charge in [0.1, 0.15) is 19.3 Å². The number of rotatable bonds is 3. The molecule has 1 N–H and O–H groups in total. The molecule has 0 aromatic heterocycles. The Hall–Kier alpha value is -1.52. The van der Waals surface area contributed by atoms with E-state index in [1.807, 2.05) is 30.3 Å². The molecule has 1 heterocycles. The number of hydrogen-bond acceptors (Lipinski definition) is 3. The third-order valence-electron chi connectivity index (χ3n) is 3.61. The van der Waals surface area contributed by atoms with Gasteiger partial charge in [0.05, 0.1) is 4.47 Å². The first-order valence-corrected chi connectivity index (χ1v) is 7.84. The highest BCUT2D eigenvalue weighted by molar-refractivity contribution is 9.10. The molecule has 0 radical (unpaired) electrons. The first-order valence-electron chi connectivity index (χ1n) is 7.05. The largest absolute Gasteiger partial charge is 0.486 e. The molecule has 21 heavy (non-hydrogen) atoms. The summed E-state index contributed by atoms with van der Waals surface area (Å²) >= 11 is 3.49. The normalized spacial score (nSPS) is 14.8. The molecule has 2 aromatic carbocycles. The molecule has 110 valence electrons. The first kappa shape index (κ1) is 14.4. The van der Waals surface area contributed by atoms with Crippen molar-refractivity contribution in [2.45, 2.75) is 19.4 Å². The summed E-state index contributed by atoms with van der Waals surface area (Å²) < 4.78 is 12.0. The number of hydrogen-bond donors (Lipinski definition) is 1. The Labute approximate surface area is 132 Å². The van der Waals surface area contributed by atoms with E-state index in [0.29, 0.717) is 24.7 Å². The van der Waals surface area contributed by atoms with Gasteiger partial charge in [-0.2, -0.15) is 0 Å². The molecule has 1 aliphatic rings. The van der Waals surface area contributed by atoms with Crippen LogP contribution in [0.1, 0.15) is 29.7 Å². The topological polar surface area (TPSA) is 38.7 Å². The Kier molecular flexibility index (Phi) is 4.17. The van der Waals surface area contributed by atoms with Gasteiger partial charge in [-0.05, 0) is 51.2 Å². The Morgan fingerprint density at radius 1 is 1.14 bits per heavy atom. The van der Waals surface area contributed by atoms with E-state index in [1.165, 1.54) is 5.56 Å². The summed E-state index contributed by atoms with van der Waals surface area (Å²) in [7, 11) is 0. The zero-order chi connectivity index (χ0) is 14.8.